The second kappa shape index (κ2) is 9.29. The van der Waals surface area contributed by atoms with E-state index in [2.05, 4.69) is 4.98 Å². The van der Waals surface area contributed by atoms with Crippen LogP contribution in [0.15, 0.2) is 66.9 Å². The van der Waals surface area contributed by atoms with Crippen molar-refractivity contribution in [1.82, 2.24) is 4.98 Å². The number of unbranched alkanes of at least 4 members (excludes halogenated alkanes) is 1. The summed E-state index contributed by atoms with van der Waals surface area (Å²) in [4.78, 5) is 3.88. The van der Waals surface area contributed by atoms with Crippen molar-refractivity contribution in [1.29, 1.82) is 0 Å². The van der Waals surface area contributed by atoms with Gasteiger partial charge in [-0.05, 0) is 55.0 Å². The molecule has 4 heteroatoms. The van der Waals surface area contributed by atoms with Crippen LogP contribution in [0.1, 0.15) is 31.7 Å². The lowest BCUT2D eigenvalue weighted by Crippen LogP contribution is -1.97. The number of nitrogens with zero attached hydrogens (tertiary/aromatic N) is 1. The average Bonchev–Trinajstić information content (AvgIpc) is 2.68. The van der Waals surface area contributed by atoms with Crippen molar-refractivity contribution in [2.24, 2.45) is 0 Å². The Hall–Kier alpha value is -2.98. The summed E-state index contributed by atoms with van der Waals surface area (Å²) in [7, 11) is 0. The molecule has 0 aliphatic heterocycles. The van der Waals surface area contributed by atoms with Crippen LogP contribution in [0.2, 0.25) is 0 Å². The highest BCUT2D eigenvalue weighted by Crippen LogP contribution is 2.27. The molecule has 2 N–H and O–H groups in total. The highest BCUT2D eigenvalue weighted by atomic mass is 19.1. The zero-order chi connectivity index (χ0) is 19.9. The SMILES string of the molecule is CC(O)CCC/C=C/c1ccc(-c2ccc(-c3ccc(O)nc3)cc2)c(F)c1. The second-order valence-electron chi connectivity index (χ2n) is 6.90. The van der Waals surface area contributed by atoms with Gasteiger partial charge in [0.2, 0.25) is 5.88 Å². The van der Waals surface area contributed by atoms with Gasteiger partial charge in [-0.1, -0.05) is 48.6 Å². The Labute approximate surface area is 164 Å². The molecular weight excluding hydrogens is 353 g/mol. The number of aliphatic hydroxyl groups is 1. The fourth-order valence-corrected chi connectivity index (χ4v) is 3.02. The zero-order valence-electron chi connectivity index (χ0n) is 15.8. The molecule has 28 heavy (non-hydrogen) atoms. The molecule has 1 aromatic heterocycles. The molecule has 1 unspecified atom stereocenters. The monoisotopic (exact) mass is 377 g/mol. The van der Waals surface area contributed by atoms with Crippen molar-refractivity contribution in [3.63, 3.8) is 0 Å². The minimum atomic E-state index is -0.276. The number of aromatic nitrogens is 1. The van der Waals surface area contributed by atoms with Gasteiger partial charge in [0, 0.05) is 23.4 Å². The maximum atomic E-state index is 14.6. The van der Waals surface area contributed by atoms with Crippen LogP contribution in [-0.2, 0) is 0 Å². The van der Waals surface area contributed by atoms with E-state index in [1.165, 1.54) is 6.07 Å². The predicted molar refractivity (Wildman–Crippen MR) is 111 cm³/mol. The molecule has 0 bridgehead atoms. The fourth-order valence-electron chi connectivity index (χ4n) is 3.02. The molecule has 0 aliphatic rings. The third kappa shape index (κ3) is 5.27. The highest BCUT2D eigenvalue weighted by Gasteiger charge is 2.06. The van der Waals surface area contributed by atoms with Gasteiger partial charge in [0.1, 0.15) is 5.82 Å². The molecule has 3 aromatic rings. The first kappa shape index (κ1) is 19.8. The molecule has 0 amide bonds. The van der Waals surface area contributed by atoms with E-state index in [4.69, 9.17) is 0 Å². The minimum absolute atomic E-state index is 0.0143. The highest BCUT2D eigenvalue weighted by molar-refractivity contribution is 5.71. The van der Waals surface area contributed by atoms with E-state index >= 15 is 0 Å². The van der Waals surface area contributed by atoms with E-state index in [9.17, 15) is 14.6 Å². The standard InChI is InChI=1S/C24H24FNO2/c1-17(27)5-3-2-4-6-18-7-13-22(23(25)15-18)20-10-8-19(9-11-20)21-12-14-24(28)26-16-21/h4,6-17,27H,2-3,5H2,1H3,(H,26,28)/b6-4+. The molecule has 2 aromatic carbocycles. The summed E-state index contributed by atoms with van der Waals surface area (Å²) in [5.41, 5.74) is 4.03. The molecule has 3 nitrogen and oxygen atoms in total. The Morgan fingerprint density at radius 1 is 1.00 bits per heavy atom. The van der Waals surface area contributed by atoms with Gasteiger partial charge in [-0.15, -0.1) is 0 Å². The van der Waals surface area contributed by atoms with Crippen LogP contribution in [0.4, 0.5) is 4.39 Å². The first-order valence-corrected chi connectivity index (χ1v) is 9.43. The summed E-state index contributed by atoms with van der Waals surface area (Å²) >= 11 is 0. The smallest absolute Gasteiger partial charge is 0.210 e. The van der Waals surface area contributed by atoms with E-state index in [-0.39, 0.29) is 17.8 Å². The molecule has 0 aliphatic carbocycles. The Balaban J connectivity index is 1.70. The van der Waals surface area contributed by atoms with Crippen LogP contribution in [0.5, 0.6) is 5.88 Å². The Kier molecular flexibility index (Phi) is 6.56. The quantitative estimate of drug-likeness (QED) is 0.510. The average molecular weight is 377 g/mol. The lowest BCUT2D eigenvalue weighted by molar-refractivity contribution is 0.182. The number of pyridine rings is 1. The van der Waals surface area contributed by atoms with Gasteiger partial charge in [-0.3, -0.25) is 0 Å². The second-order valence-corrected chi connectivity index (χ2v) is 6.90. The van der Waals surface area contributed by atoms with E-state index in [0.29, 0.717) is 5.56 Å². The van der Waals surface area contributed by atoms with Gasteiger partial charge in [-0.25, -0.2) is 9.37 Å². The van der Waals surface area contributed by atoms with E-state index in [1.54, 1.807) is 31.3 Å². The van der Waals surface area contributed by atoms with Gasteiger partial charge < -0.3 is 10.2 Å². The van der Waals surface area contributed by atoms with E-state index < -0.39 is 0 Å². The third-order valence-corrected chi connectivity index (χ3v) is 4.57. The van der Waals surface area contributed by atoms with Crippen molar-refractivity contribution in [3.05, 3.63) is 78.3 Å². The predicted octanol–water partition coefficient (Wildman–Crippen LogP) is 5.82. The van der Waals surface area contributed by atoms with E-state index in [1.807, 2.05) is 42.5 Å². The lowest BCUT2D eigenvalue weighted by atomic mass is 9.99. The summed E-state index contributed by atoms with van der Waals surface area (Å²) in [5, 5.41) is 18.5. The number of aromatic hydroxyl groups is 1. The molecule has 1 heterocycles. The van der Waals surface area contributed by atoms with Gasteiger partial charge in [-0.2, -0.15) is 0 Å². The zero-order valence-corrected chi connectivity index (χ0v) is 15.8. The molecule has 0 saturated carbocycles. The van der Waals surface area contributed by atoms with Crippen molar-refractivity contribution in [2.45, 2.75) is 32.3 Å². The topological polar surface area (TPSA) is 53.4 Å². The first-order chi connectivity index (χ1) is 13.5. The van der Waals surface area contributed by atoms with Crippen LogP contribution in [0.25, 0.3) is 28.3 Å². The van der Waals surface area contributed by atoms with Crippen LogP contribution in [-0.4, -0.2) is 21.3 Å². The summed E-state index contributed by atoms with van der Waals surface area (Å²) in [6, 6.07) is 16.2. The van der Waals surface area contributed by atoms with Crippen LogP contribution in [0, 0.1) is 5.82 Å². The third-order valence-electron chi connectivity index (χ3n) is 4.57. The molecular formula is C24H24FNO2. The Morgan fingerprint density at radius 2 is 1.71 bits per heavy atom. The van der Waals surface area contributed by atoms with Crippen LogP contribution < -0.4 is 0 Å². The summed E-state index contributed by atoms with van der Waals surface area (Å²) < 4.78 is 14.6. The Bertz CT molecular complexity index is 932. The van der Waals surface area contributed by atoms with Crippen molar-refractivity contribution >= 4 is 6.08 Å². The van der Waals surface area contributed by atoms with Crippen LogP contribution >= 0.6 is 0 Å². The molecule has 3 rings (SSSR count). The van der Waals surface area contributed by atoms with Crippen molar-refractivity contribution < 1.29 is 14.6 Å². The molecule has 1 atom stereocenters. The maximum Gasteiger partial charge on any atom is 0.210 e. The van der Waals surface area contributed by atoms with Crippen molar-refractivity contribution in [3.8, 4) is 28.1 Å². The summed E-state index contributed by atoms with van der Waals surface area (Å²) in [6.45, 7) is 1.78. The fraction of sp³-hybridized carbons (Fsp3) is 0.208. The molecule has 144 valence electrons. The minimum Gasteiger partial charge on any atom is -0.493 e. The molecule has 0 radical (unpaired) electrons. The van der Waals surface area contributed by atoms with Gasteiger partial charge in [0.15, 0.2) is 0 Å². The first-order valence-electron chi connectivity index (χ1n) is 9.43. The van der Waals surface area contributed by atoms with E-state index in [0.717, 1.165) is 41.5 Å². The van der Waals surface area contributed by atoms with Gasteiger partial charge in [0.05, 0.1) is 6.10 Å². The molecule has 0 fully saturated rings. The summed E-state index contributed by atoms with van der Waals surface area (Å²) in [5.74, 6) is -0.273. The maximum absolute atomic E-state index is 14.6. The summed E-state index contributed by atoms with van der Waals surface area (Å²) in [6.07, 6.45) is 7.80. The molecule has 0 saturated heterocycles. The lowest BCUT2D eigenvalue weighted by Gasteiger charge is -2.07. The number of benzene rings is 2. The largest absolute Gasteiger partial charge is 0.493 e. The number of hydrogen-bond acceptors (Lipinski definition) is 3. The number of allylic oxidation sites excluding steroid dienone is 1. The number of halogens is 1. The van der Waals surface area contributed by atoms with Gasteiger partial charge >= 0.3 is 0 Å². The number of hydrogen-bond donors (Lipinski definition) is 2. The number of rotatable bonds is 7. The Morgan fingerprint density at radius 3 is 2.36 bits per heavy atom. The van der Waals surface area contributed by atoms with Crippen molar-refractivity contribution in [2.75, 3.05) is 0 Å². The van der Waals surface area contributed by atoms with Gasteiger partial charge in [0.25, 0.3) is 0 Å². The normalized spacial score (nSPS) is 12.4. The van der Waals surface area contributed by atoms with Crippen LogP contribution in [0.3, 0.4) is 0 Å². The molecule has 0 spiro atoms. The number of aliphatic hydroxyl groups excluding tert-OH is 1.